The van der Waals surface area contributed by atoms with Crippen molar-refractivity contribution in [3.8, 4) is 0 Å². The van der Waals surface area contributed by atoms with E-state index in [1.165, 1.54) is 12.5 Å². The average molecular weight is 233 g/mol. The molecule has 5 nitrogen and oxygen atoms in total. The fourth-order valence-electron chi connectivity index (χ4n) is 2.11. The molecule has 5 heteroatoms. The van der Waals surface area contributed by atoms with Crippen LogP contribution in [0.2, 0.25) is 0 Å². The summed E-state index contributed by atoms with van der Waals surface area (Å²) < 4.78 is 0. The molecule has 2 rings (SSSR count). The first-order valence-electron chi connectivity index (χ1n) is 5.64. The molecule has 0 spiro atoms. The van der Waals surface area contributed by atoms with Crippen molar-refractivity contribution in [1.82, 2.24) is 0 Å². The normalized spacial score (nSPS) is 15.6. The van der Waals surface area contributed by atoms with Crippen molar-refractivity contribution in [2.45, 2.75) is 19.3 Å². The second kappa shape index (κ2) is 4.95. The molecule has 1 radical (unpaired) electrons. The summed E-state index contributed by atoms with van der Waals surface area (Å²) in [7, 11) is 0. The van der Waals surface area contributed by atoms with E-state index in [1.54, 1.807) is 18.4 Å². The van der Waals surface area contributed by atoms with Gasteiger partial charge in [0.25, 0.3) is 5.69 Å². The highest BCUT2D eigenvalue weighted by atomic mass is 16.6. The van der Waals surface area contributed by atoms with E-state index in [-0.39, 0.29) is 11.3 Å². The van der Waals surface area contributed by atoms with Crippen LogP contribution in [0.25, 0.3) is 0 Å². The van der Waals surface area contributed by atoms with Gasteiger partial charge in [0.2, 0.25) is 6.29 Å². The number of nitro benzene ring substituents is 1. The third-order valence-electron chi connectivity index (χ3n) is 3.01. The standard InChI is InChI=1S/C12H13N2O3/c15-9-10-8-11(4-5-12(10)14(16)17)13-6-2-1-3-7-13/h4-5,8H,1-3,6-7H2. The first-order chi connectivity index (χ1) is 8.22. The summed E-state index contributed by atoms with van der Waals surface area (Å²) in [5.74, 6) is 0. The zero-order valence-corrected chi connectivity index (χ0v) is 9.39. The van der Waals surface area contributed by atoms with Crippen LogP contribution in [0.5, 0.6) is 0 Å². The minimum atomic E-state index is -0.555. The summed E-state index contributed by atoms with van der Waals surface area (Å²) >= 11 is 0. The Morgan fingerprint density at radius 1 is 1.24 bits per heavy atom. The largest absolute Gasteiger partial charge is 0.372 e. The predicted octanol–water partition coefficient (Wildman–Crippen LogP) is 2.04. The average Bonchev–Trinajstić information content (AvgIpc) is 2.39. The fraction of sp³-hybridized carbons (Fsp3) is 0.417. The molecule has 89 valence electrons. The van der Waals surface area contributed by atoms with E-state index in [1.807, 2.05) is 0 Å². The van der Waals surface area contributed by atoms with Crippen molar-refractivity contribution in [3.05, 3.63) is 33.9 Å². The van der Waals surface area contributed by atoms with Gasteiger partial charge in [-0.1, -0.05) is 0 Å². The van der Waals surface area contributed by atoms with E-state index >= 15 is 0 Å². The Morgan fingerprint density at radius 3 is 2.53 bits per heavy atom. The SMILES string of the molecule is O=[C]c1cc(N2CCCCC2)ccc1[N+](=O)[O-]. The highest BCUT2D eigenvalue weighted by Gasteiger charge is 2.17. The van der Waals surface area contributed by atoms with Crippen molar-refractivity contribution in [1.29, 1.82) is 0 Å². The molecule has 1 aromatic carbocycles. The molecule has 17 heavy (non-hydrogen) atoms. The Kier molecular flexibility index (Phi) is 3.37. The number of benzene rings is 1. The molecule has 1 aliphatic heterocycles. The highest BCUT2D eigenvalue weighted by molar-refractivity contribution is 5.84. The van der Waals surface area contributed by atoms with Crippen LogP contribution >= 0.6 is 0 Å². The van der Waals surface area contributed by atoms with Crippen molar-refractivity contribution in [3.63, 3.8) is 0 Å². The lowest BCUT2D eigenvalue weighted by Gasteiger charge is -2.28. The van der Waals surface area contributed by atoms with Crippen LogP contribution < -0.4 is 4.90 Å². The molecule has 1 saturated heterocycles. The number of anilines is 1. The minimum absolute atomic E-state index is 0.0260. The maximum Gasteiger partial charge on any atom is 0.280 e. The summed E-state index contributed by atoms with van der Waals surface area (Å²) in [6, 6.07) is 4.63. The molecular formula is C12H13N2O3. The maximum atomic E-state index is 10.7. The summed E-state index contributed by atoms with van der Waals surface area (Å²) in [5, 5.41) is 10.7. The number of hydrogen-bond donors (Lipinski definition) is 0. The fourth-order valence-corrected chi connectivity index (χ4v) is 2.11. The van der Waals surface area contributed by atoms with Crippen LogP contribution in [-0.2, 0) is 4.79 Å². The number of nitrogens with zero attached hydrogens (tertiary/aromatic N) is 2. The van der Waals surface area contributed by atoms with E-state index in [0.29, 0.717) is 0 Å². The van der Waals surface area contributed by atoms with Crippen molar-refractivity contribution in [2.24, 2.45) is 0 Å². The van der Waals surface area contributed by atoms with E-state index in [4.69, 9.17) is 0 Å². The van der Waals surface area contributed by atoms with Crippen molar-refractivity contribution < 1.29 is 9.72 Å². The lowest BCUT2D eigenvalue weighted by atomic mass is 10.1. The van der Waals surface area contributed by atoms with Gasteiger partial charge in [0.05, 0.1) is 4.92 Å². The third kappa shape index (κ3) is 2.43. The van der Waals surface area contributed by atoms with Gasteiger partial charge in [-0.25, -0.2) is 0 Å². The molecule has 1 aliphatic rings. The molecule has 0 unspecified atom stereocenters. The number of hydrogen-bond acceptors (Lipinski definition) is 4. The zero-order valence-electron chi connectivity index (χ0n) is 9.39. The Labute approximate surface area is 99.2 Å². The van der Waals surface area contributed by atoms with Crippen LogP contribution in [-0.4, -0.2) is 24.3 Å². The van der Waals surface area contributed by atoms with Gasteiger partial charge in [-0.2, -0.15) is 0 Å². The van der Waals surface area contributed by atoms with E-state index < -0.39 is 4.92 Å². The molecule has 0 aliphatic carbocycles. The summed E-state index contributed by atoms with van der Waals surface area (Å²) in [6.07, 6.45) is 5.10. The maximum absolute atomic E-state index is 10.7. The Bertz CT molecular complexity index is 439. The highest BCUT2D eigenvalue weighted by Crippen LogP contribution is 2.25. The second-order valence-corrected chi connectivity index (χ2v) is 4.11. The molecule has 0 aromatic heterocycles. The van der Waals surface area contributed by atoms with E-state index in [9.17, 15) is 14.9 Å². The molecule has 1 aromatic rings. The molecule has 0 amide bonds. The van der Waals surface area contributed by atoms with Crippen LogP contribution in [0.4, 0.5) is 11.4 Å². The van der Waals surface area contributed by atoms with Gasteiger partial charge in [0, 0.05) is 24.8 Å². The van der Waals surface area contributed by atoms with E-state index in [2.05, 4.69) is 4.90 Å². The van der Waals surface area contributed by atoms with Gasteiger partial charge in [-0.3, -0.25) is 14.9 Å². The minimum Gasteiger partial charge on any atom is -0.372 e. The zero-order chi connectivity index (χ0) is 12.3. The van der Waals surface area contributed by atoms with Crippen LogP contribution in [0.1, 0.15) is 24.8 Å². The first-order valence-corrected chi connectivity index (χ1v) is 5.64. The molecule has 0 N–H and O–H groups in total. The smallest absolute Gasteiger partial charge is 0.280 e. The van der Waals surface area contributed by atoms with E-state index in [0.717, 1.165) is 31.6 Å². The number of carbonyl (C=O) groups excluding carboxylic acids is 1. The lowest BCUT2D eigenvalue weighted by Crippen LogP contribution is -2.29. The number of nitro groups is 1. The van der Waals surface area contributed by atoms with Crippen LogP contribution in [0.3, 0.4) is 0 Å². The molecular weight excluding hydrogens is 220 g/mol. The van der Waals surface area contributed by atoms with Crippen LogP contribution in [0.15, 0.2) is 18.2 Å². The lowest BCUT2D eigenvalue weighted by molar-refractivity contribution is -0.385. The van der Waals surface area contributed by atoms with Gasteiger partial charge in [0.15, 0.2) is 0 Å². The summed E-state index contributed by atoms with van der Waals surface area (Å²) in [6.45, 7) is 1.88. The van der Waals surface area contributed by atoms with Crippen LogP contribution in [0, 0.1) is 10.1 Å². The number of rotatable bonds is 3. The molecule has 0 bridgehead atoms. The Morgan fingerprint density at radius 2 is 1.94 bits per heavy atom. The predicted molar refractivity (Wildman–Crippen MR) is 64.0 cm³/mol. The first kappa shape index (κ1) is 11.6. The Hall–Kier alpha value is -1.91. The second-order valence-electron chi connectivity index (χ2n) is 4.11. The Balaban J connectivity index is 2.30. The quantitative estimate of drug-likeness (QED) is 0.592. The molecule has 0 saturated carbocycles. The van der Waals surface area contributed by atoms with Gasteiger partial charge < -0.3 is 4.90 Å². The van der Waals surface area contributed by atoms with Gasteiger partial charge in [-0.15, -0.1) is 0 Å². The van der Waals surface area contributed by atoms with Gasteiger partial charge in [-0.05, 0) is 31.4 Å². The van der Waals surface area contributed by atoms with Gasteiger partial charge in [0.1, 0.15) is 5.56 Å². The molecule has 0 atom stereocenters. The monoisotopic (exact) mass is 233 g/mol. The number of piperidine rings is 1. The third-order valence-corrected chi connectivity index (χ3v) is 3.01. The summed E-state index contributed by atoms with van der Waals surface area (Å²) in [5.41, 5.74) is 0.715. The molecule has 1 fully saturated rings. The topological polar surface area (TPSA) is 63.5 Å². The molecule has 1 heterocycles. The van der Waals surface area contributed by atoms with Crippen molar-refractivity contribution >= 4 is 17.7 Å². The summed E-state index contributed by atoms with van der Waals surface area (Å²) in [4.78, 5) is 23.0. The van der Waals surface area contributed by atoms with Crippen molar-refractivity contribution in [2.75, 3.05) is 18.0 Å². The van der Waals surface area contributed by atoms with Gasteiger partial charge >= 0.3 is 0 Å².